The molecule has 3 heteroatoms. The number of hydrogen-bond acceptors (Lipinski definition) is 3. The van der Waals surface area contributed by atoms with E-state index in [1.165, 1.54) is 15.4 Å². The molecule has 0 bridgehead atoms. The number of hydrogen-bond donors (Lipinski definition) is 0. The second kappa shape index (κ2) is 7.75. The summed E-state index contributed by atoms with van der Waals surface area (Å²) in [6, 6.07) is 16.9. The molecular weight excluding hydrogens is 266 g/mol. The molecule has 0 aliphatic carbocycles. The standard InChI is InChI=1S/C17H19NOS/c1-3-15-7-5-6-8-17(15)20-16-11-9-14(10-12-16)13-18-19-4-2/h5-13H,3-4H2,1-2H3/b18-13+. The van der Waals surface area contributed by atoms with Gasteiger partial charge in [-0.05, 0) is 42.7 Å². The topological polar surface area (TPSA) is 21.6 Å². The Kier molecular flexibility index (Phi) is 5.69. The smallest absolute Gasteiger partial charge is 0.114 e. The van der Waals surface area contributed by atoms with Crippen LogP contribution in [-0.4, -0.2) is 12.8 Å². The summed E-state index contributed by atoms with van der Waals surface area (Å²) in [6.45, 7) is 4.70. The first-order valence-corrected chi connectivity index (χ1v) is 7.66. The van der Waals surface area contributed by atoms with Gasteiger partial charge in [0.25, 0.3) is 0 Å². The first-order chi connectivity index (χ1) is 9.83. The van der Waals surface area contributed by atoms with Crippen LogP contribution in [0.4, 0.5) is 0 Å². The van der Waals surface area contributed by atoms with Gasteiger partial charge in [0.15, 0.2) is 0 Å². The van der Waals surface area contributed by atoms with Gasteiger partial charge in [-0.2, -0.15) is 0 Å². The zero-order valence-electron chi connectivity index (χ0n) is 11.9. The summed E-state index contributed by atoms with van der Waals surface area (Å²) in [4.78, 5) is 7.52. The van der Waals surface area contributed by atoms with Gasteiger partial charge in [0.05, 0.1) is 6.21 Å². The van der Waals surface area contributed by atoms with Crippen molar-refractivity contribution in [3.63, 3.8) is 0 Å². The molecule has 2 rings (SSSR count). The molecule has 0 amide bonds. The fraction of sp³-hybridized carbons (Fsp3) is 0.235. The third kappa shape index (κ3) is 4.14. The second-order valence-electron chi connectivity index (χ2n) is 4.28. The molecule has 0 saturated carbocycles. The highest BCUT2D eigenvalue weighted by Crippen LogP contribution is 2.30. The van der Waals surface area contributed by atoms with Gasteiger partial charge in [0.1, 0.15) is 6.61 Å². The predicted molar refractivity (Wildman–Crippen MR) is 85.6 cm³/mol. The van der Waals surface area contributed by atoms with Crippen molar-refractivity contribution in [1.29, 1.82) is 0 Å². The van der Waals surface area contributed by atoms with Gasteiger partial charge in [-0.15, -0.1) is 0 Å². The monoisotopic (exact) mass is 285 g/mol. The third-order valence-electron chi connectivity index (χ3n) is 2.87. The van der Waals surface area contributed by atoms with Crippen molar-refractivity contribution in [3.8, 4) is 0 Å². The molecule has 0 N–H and O–H groups in total. The molecule has 2 nitrogen and oxygen atoms in total. The van der Waals surface area contributed by atoms with Crippen LogP contribution in [0.5, 0.6) is 0 Å². The quantitative estimate of drug-likeness (QED) is 0.563. The number of oxime groups is 1. The predicted octanol–water partition coefficient (Wildman–Crippen LogP) is 4.77. The Labute approximate surface area is 124 Å². The van der Waals surface area contributed by atoms with E-state index in [1.54, 1.807) is 18.0 Å². The van der Waals surface area contributed by atoms with Crippen LogP contribution in [0.25, 0.3) is 0 Å². The number of aryl methyl sites for hydroxylation is 1. The average molecular weight is 285 g/mol. The van der Waals surface area contributed by atoms with Crippen molar-refractivity contribution in [2.75, 3.05) is 6.61 Å². The van der Waals surface area contributed by atoms with E-state index in [0.717, 1.165) is 12.0 Å². The van der Waals surface area contributed by atoms with Crippen molar-refractivity contribution in [2.24, 2.45) is 5.16 Å². The molecule has 0 spiro atoms. The van der Waals surface area contributed by atoms with Crippen LogP contribution in [0.3, 0.4) is 0 Å². The first-order valence-electron chi connectivity index (χ1n) is 6.84. The van der Waals surface area contributed by atoms with Gasteiger partial charge in [-0.1, -0.05) is 54.2 Å². The summed E-state index contributed by atoms with van der Waals surface area (Å²) in [5.74, 6) is 0. The second-order valence-corrected chi connectivity index (χ2v) is 5.40. The van der Waals surface area contributed by atoms with E-state index < -0.39 is 0 Å². The normalized spacial score (nSPS) is 10.9. The summed E-state index contributed by atoms with van der Waals surface area (Å²) >= 11 is 1.80. The van der Waals surface area contributed by atoms with E-state index in [1.807, 2.05) is 6.92 Å². The lowest BCUT2D eigenvalue weighted by Crippen LogP contribution is -1.86. The molecule has 0 aliphatic heterocycles. The van der Waals surface area contributed by atoms with Crippen LogP contribution in [0, 0.1) is 0 Å². The van der Waals surface area contributed by atoms with Crippen LogP contribution in [0.1, 0.15) is 25.0 Å². The van der Waals surface area contributed by atoms with Crippen molar-refractivity contribution < 1.29 is 4.84 Å². The highest BCUT2D eigenvalue weighted by atomic mass is 32.2. The zero-order chi connectivity index (χ0) is 14.2. The summed E-state index contributed by atoms with van der Waals surface area (Å²) in [7, 11) is 0. The van der Waals surface area contributed by atoms with Crippen molar-refractivity contribution in [2.45, 2.75) is 30.1 Å². The molecule has 0 fully saturated rings. The Bertz CT molecular complexity index is 563. The Balaban J connectivity index is 2.07. The summed E-state index contributed by atoms with van der Waals surface area (Å²) in [5.41, 5.74) is 2.44. The molecule has 2 aromatic carbocycles. The summed E-state index contributed by atoms with van der Waals surface area (Å²) in [5, 5.41) is 3.87. The minimum absolute atomic E-state index is 0.595. The van der Waals surface area contributed by atoms with Gasteiger partial charge in [0.2, 0.25) is 0 Å². The van der Waals surface area contributed by atoms with Crippen molar-refractivity contribution >= 4 is 18.0 Å². The van der Waals surface area contributed by atoms with Crippen LogP contribution >= 0.6 is 11.8 Å². The molecule has 0 heterocycles. The SMILES string of the molecule is CCO/N=C/c1ccc(Sc2ccccc2CC)cc1. The van der Waals surface area contributed by atoms with Gasteiger partial charge in [-0.3, -0.25) is 0 Å². The Morgan fingerprint density at radius 3 is 2.50 bits per heavy atom. The molecule has 0 aromatic heterocycles. The third-order valence-corrected chi connectivity index (χ3v) is 3.99. The van der Waals surface area contributed by atoms with Crippen LogP contribution in [0.15, 0.2) is 63.5 Å². The lowest BCUT2D eigenvalue weighted by molar-refractivity contribution is 0.160. The first kappa shape index (κ1) is 14.7. The van der Waals surface area contributed by atoms with E-state index in [4.69, 9.17) is 4.84 Å². The van der Waals surface area contributed by atoms with Crippen LogP contribution < -0.4 is 0 Å². The van der Waals surface area contributed by atoms with Gasteiger partial charge >= 0.3 is 0 Å². The summed E-state index contributed by atoms with van der Waals surface area (Å²) in [6.07, 6.45) is 2.79. The lowest BCUT2D eigenvalue weighted by atomic mass is 10.2. The fourth-order valence-corrected chi connectivity index (χ4v) is 2.83. The fourth-order valence-electron chi connectivity index (χ4n) is 1.82. The Morgan fingerprint density at radius 2 is 1.80 bits per heavy atom. The molecule has 0 atom stereocenters. The minimum Gasteiger partial charge on any atom is -0.396 e. The van der Waals surface area contributed by atoms with Crippen molar-refractivity contribution in [3.05, 3.63) is 59.7 Å². The molecular formula is C17H19NOS. The van der Waals surface area contributed by atoms with Gasteiger partial charge < -0.3 is 4.84 Å². The van der Waals surface area contributed by atoms with Gasteiger partial charge in [0, 0.05) is 9.79 Å². The number of nitrogens with zero attached hydrogens (tertiary/aromatic N) is 1. The number of rotatable bonds is 6. The maximum Gasteiger partial charge on any atom is 0.114 e. The van der Waals surface area contributed by atoms with Crippen LogP contribution in [0.2, 0.25) is 0 Å². The van der Waals surface area contributed by atoms with E-state index in [2.05, 4.69) is 60.6 Å². The Hall–Kier alpha value is -1.74. The maximum absolute atomic E-state index is 4.96. The molecule has 20 heavy (non-hydrogen) atoms. The van der Waals surface area contributed by atoms with Gasteiger partial charge in [-0.25, -0.2) is 0 Å². The molecule has 0 unspecified atom stereocenters. The Morgan fingerprint density at radius 1 is 1.05 bits per heavy atom. The van der Waals surface area contributed by atoms with E-state index in [9.17, 15) is 0 Å². The highest BCUT2D eigenvalue weighted by molar-refractivity contribution is 7.99. The van der Waals surface area contributed by atoms with E-state index >= 15 is 0 Å². The zero-order valence-corrected chi connectivity index (χ0v) is 12.7. The molecule has 0 saturated heterocycles. The number of benzene rings is 2. The molecule has 0 radical (unpaired) electrons. The average Bonchev–Trinajstić information content (AvgIpc) is 2.50. The minimum atomic E-state index is 0.595. The maximum atomic E-state index is 4.96. The van der Waals surface area contributed by atoms with E-state index in [-0.39, 0.29) is 0 Å². The largest absolute Gasteiger partial charge is 0.396 e. The molecule has 0 aliphatic rings. The summed E-state index contributed by atoms with van der Waals surface area (Å²) < 4.78 is 0. The highest BCUT2D eigenvalue weighted by Gasteiger charge is 2.02. The lowest BCUT2D eigenvalue weighted by Gasteiger charge is -2.07. The van der Waals surface area contributed by atoms with E-state index in [0.29, 0.717) is 6.61 Å². The van der Waals surface area contributed by atoms with Crippen LogP contribution in [-0.2, 0) is 11.3 Å². The molecule has 2 aromatic rings. The van der Waals surface area contributed by atoms with Crippen molar-refractivity contribution in [1.82, 2.24) is 0 Å². The molecule has 104 valence electrons.